The van der Waals surface area contributed by atoms with Crippen molar-refractivity contribution in [2.75, 3.05) is 24.5 Å². The topological polar surface area (TPSA) is 96.0 Å². The van der Waals surface area contributed by atoms with Crippen LogP contribution in [0, 0.1) is 13.8 Å². The third kappa shape index (κ3) is 8.26. The van der Waals surface area contributed by atoms with Crippen molar-refractivity contribution in [3.05, 3.63) is 88.4 Å². The minimum atomic E-state index is -4.20. The van der Waals surface area contributed by atoms with Gasteiger partial charge in [0.25, 0.3) is 10.0 Å². The lowest BCUT2D eigenvalue weighted by molar-refractivity contribution is -0.140. The molecule has 3 rings (SSSR count). The Hall–Kier alpha value is -3.56. The summed E-state index contributed by atoms with van der Waals surface area (Å²) in [5, 5.41) is 3.13. The maximum absolute atomic E-state index is 14.2. The Morgan fingerprint density at radius 2 is 1.57 bits per heavy atom. The van der Waals surface area contributed by atoms with Crippen molar-refractivity contribution < 1.29 is 22.7 Å². The fourth-order valence-electron chi connectivity index (χ4n) is 4.49. The van der Waals surface area contributed by atoms with Crippen LogP contribution in [0.4, 0.5) is 5.69 Å². The lowest BCUT2D eigenvalue weighted by atomic mass is 10.1. The van der Waals surface area contributed by atoms with E-state index in [1.165, 1.54) is 30.2 Å². The van der Waals surface area contributed by atoms with Crippen LogP contribution in [0.1, 0.15) is 49.8 Å². The summed E-state index contributed by atoms with van der Waals surface area (Å²) in [5.41, 5.74) is 2.99. The summed E-state index contributed by atoms with van der Waals surface area (Å²) in [6.45, 7) is 7.80. The standard InChI is InChI=1S/C32H40ClN3O5S/c1-6-8-19-34-32(38)29(7-2)35(21-25-13-9-23(3)10-14-25)31(37)22-36(26-15-18-30(41-5)28(33)20-26)42(39,40)27-16-11-24(4)12-17-27/h9-18,20,29H,6-8,19,21-22H2,1-5H3,(H,34,38). The van der Waals surface area contributed by atoms with Gasteiger partial charge in [-0.05, 0) is 62.6 Å². The Labute approximate surface area is 254 Å². The molecule has 226 valence electrons. The van der Waals surface area contributed by atoms with E-state index in [0.29, 0.717) is 18.7 Å². The van der Waals surface area contributed by atoms with Gasteiger partial charge in [0, 0.05) is 13.1 Å². The molecule has 1 unspecified atom stereocenters. The lowest BCUT2D eigenvalue weighted by Crippen LogP contribution is -2.52. The minimum absolute atomic E-state index is 0.0299. The molecule has 0 aliphatic heterocycles. The second kappa shape index (κ2) is 15.1. The van der Waals surface area contributed by atoms with Gasteiger partial charge in [0.2, 0.25) is 11.8 Å². The fraction of sp³-hybridized carbons (Fsp3) is 0.375. The van der Waals surface area contributed by atoms with Crippen molar-refractivity contribution >= 4 is 39.1 Å². The van der Waals surface area contributed by atoms with Crippen molar-refractivity contribution in [3.8, 4) is 5.75 Å². The number of nitrogens with one attached hydrogen (secondary N) is 1. The third-order valence-electron chi connectivity index (χ3n) is 7.00. The summed E-state index contributed by atoms with van der Waals surface area (Å²) in [6.07, 6.45) is 2.09. The molecule has 0 radical (unpaired) electrons. The first-order valence-electron chi connectivity index (χ1n) is 14.1. The first-order valence-corrected chi connectivity index (χ1v) is 15.9. The van der Waals surface area contributed by atoms with Gasteiger partial charge in [0.1, 0.15) is 18.3 Å². The van der Waals surface area contributed by atoms with E-state index in [2.05, 4.69) is 5.32 Å². The summed E-state index contributed by atoms with van der Waals surface area (Å²) in [5.74, 6) is -0.419. The Balaban J connectivity index is 2.06. The van der Waals surface area contributed by atoms with E-state index in [1.54, 1.807) is 24.3 Å². The van der Waals surface area contributed by atoms with Crippen LogP contribution in [0.15, 0.2) is 71.6 Å². The van der Waals surface area contributed by atoms with Crippen LogP contribution < -0.4 is 14.4 Å². The average Bonchev–Trinajstić information content (AvgIpc) is 2.97. The number of amides is 2. The molecule has 42 heavy (non-hydrogen) atoms. The van der Waals surface area contributed by atoms with Crippen molar-refractivity contribution in [2.24, 2.45) is 0 Å². The largest absolute Gasteiger partial charge is 0.495 e. The second-order valence-corrected chi connectivity index (χ2v) is 12.5. The zero-order valence-corrected chi connectivity index (χ0v) is 26.5. The van der Waals surface area contributed by atoms with Gasteiger partial charge in [-0.2, -0.15) is 0 Å². The zero-order chi connectivity index (χ0) is 30.9. The summed E-state index contributed by atoms with van der Waals surface area (Å²) < 4.78 is 34.3. The molecule has 0 aliphatic carbocycles. The summed E-state index contributed by atoms with van der Waals surface area (Å²) in [4.78, 5) is 28.9. The molecule has 0 aromatic heterocycles. The molecule has 3 aromatic rings. The molecule has 0 saturated carbocycles. The number of anilines is 1. The first-order chi connectivity index (χ1) is 20.0. The molecule has 0 heterocycles. The highest BCUT2D eigenvalue weighted by Gasteiger charge is 2.34. The molecule has 10 heteroatoms. The molecule has 0 spiro atoms. The van der Waals surface area contributed by atoms with Gasteiger partial charge >= 0.3 is 0 Å². The van der Waals surface area contributed by atoms with Crippen molar-refractivity contribution in [1.82, 2.24) is 10.2 Å². The normalized spacial score (nSPS) is 12.0. The molecule has 2 amide bonds. The van der Waals surface area contributed by atoms with Crippen LogP contribution in [0.25, 0.3) is 0 Å². The number of sulfonamides is 1. The highest BCUT2D eigenvalue weighted by atomic mass is 35.5. The molecular weight excluding hydrogens is 574 g/mol. The third-order valence-corrected chi connectivity index (χ3v) is 9.08. The maximum Gasteiger partial charge on any atom is 0.264 e. The number of hydrogen-bond donors (Lipinski definition) is 1. The zero-order valence-electron chi connectivity index (χ0n) is 24.9. The first kappa shape index (κ1) is 32.9. The Morgan fingerprint density at radius 1 is 0.952 bits per heavy atom. The quantitative estimate of drug-likeness (QED) is 0.229. The van der Waals surface area contributed by atoms with E-state index in [4.69, 9.17) is 16.3 Å². The number of nitrogens with zero attached hydrogens (tertiary/aromatic N) is 2. The molecular formula is C32H40ClN3O5S. The molecule has 0 saturated heterocycles. The smallest absolute Gasteiger partial charge is 0.264 e. The summed E-state index contributed by atoms with van der Waals surface area (Å²) in [6, 6.07) is 17.9. The van der Waals surface area contributed by atoms with Gasteiger partial charge in [-0.3, -0.25) is 13.9 Å². The van der Waals surface area contributed by atoms with Crippen molar-refractivity contribution in [3.63, 3.8) is 0 Å². The summed E-state index contributed by atoms with van der Waals surface area (Å²) in [7, 11) is -2.74. The molecule has 0 fully saturated rings. The van der Waals surface area contributed by atoms with E-state index in [9.17, 15) is 18.0 Å². The number of hydrogen-bond acceptors (Lipinski definition) is 5. The molecule has 3 aromatic carbocycles. The molecule has 1 N–H and O–H groups in total. The van der Waals surface area contributed by atoms with Gasteiger partial charge in [-0.25, -0.2) is 8.42 Å². The maximum atomic E-state index is 14.2. The van der Waals surface area contributed by atoms with E-state index in [1.807, 2.05) is 52.0 Å². The number of rotatable bonds is 14. The van der Waals surface area contributed by atoms with E-state index in [-0.39, 0.29) is 28.1 Å². The monoisotopic (exact) mass is 613 g/mol. The molecule has 0 aliphatic rings. The van der Waals surface area contributed by atoms with Gasteiger partial charge in [0.05, 0.1) is 22.7 Å². The van der Waals surface area contributed by atoms with E-state index < -0.39 is 28.5 Å². The Kier molecular flexibility index (Phi) is 11.8. The minimum Gasteiger partial charge on any atom is -0.495 e. The van der Waals surface area contributed by atoms with Gasteiger partial charge in [-0.1, -0.05) is 79.4 Å². The Morgan fingerprint density at radius 3 is 2.12 bits per heavy atom. The van der Waals surface area contributed by atoms with Crippen LogP contribution in [0.2, 0.25) is 5.02 Å². The number of carbonyl (C=O) groups is 2. The van der Waals surface area contributed by atoms with Crippen LogP contribution in [-0.2, 0) is 26.2 Å². The summed E-state index contributed by atoms with van der Waals surface area (Å²) >= 11 is 6.39. The highest BCUT2D eigenvalue weighted by molar-refractivity contribution is 7.92. The predicted molar refractivity (Wildman–Crippen MR) is 167 cm³/mol. The SMILES string of the molecule is CCCCNC(=O)C(CC)N(Cc1ccc(C)cc1)C(=O)CN(c1ccc(OC)c(Cl)c1)S(=O)(=O)c1ccc(C)cc1. The number of methoxy groups -OCH3 is 1. The predicted octanol–water partition coefficient (Wildman–Crippen LogP) is 5.88. The lowest BCUT2D eigenvalue weighted by Gasteiger charge is -2.33. The molecule has 0 bridgehead atoms. The van der Waals surface area contributed by atoms with Crippen LogP contribution in [0.5, 0.6) is 5.75 Å². The molecule has 8 nitrogen and oxygen atoms in total. The fourth-order valence-corrected chi connectivity index (χ4v) is 6.15. The number of halogens is 1. The average molecular weight is 614 g/mol. The van der Waals surface area contributed by atoms with Crippen LogP contribution in [-0.4, -0.2) is 51.4 Å². The number of benzene rings is 3. The second-order valence-electron chi connectivity index (χ2n) is 10.2. The number of ether oxygens (including phenoxy) is 1. The number of unbranched alkanes of at least 4 members (excludes halogenated alkanes) is 1. The van der Waals surface area contributed by atoms with Crippen molar-refractivity contribution in [2.45, 2.75) is 64.4 Å². The van der Waals surface area contributed by atoms with Gasteiger partial charge < -0.3 is 15.0 Å². The van der Waals surface area contributed by atoms with Crippen molar-refractivity contribution in [1.29, 1.82) is 0 Å². The number of carbonyl (C=O) groups excluding carboxylic acids is 2. The molecule has 1 atom stereocenters. The van der Waals surface area contributed by atoms with E-state index in [0.717, 1.165) is 33.8 Å². The van der Waals surface area contributed by atoms with Gasteiger partial charge in [0.15, 0.2) is 0 Å². The van der Waals surface area contributed by atoms with Crippen LogP contribution in [0.3, 0.4) is 0 Å². The highest BCUT2D eigenvalue weighted by Crippen LogP contribution is 2.32. The van der Waals surface area contributed by atoms with Gasteiger partial charge in [-0.15, -0.1) is 0 Å². The Bertz CT molecular complexity index is 1460. The number of aryl methyl sites for hydroxylation is 2. The van der Waals surface area contributed by atoms with Crippen LogP contribution >= 0.6 is 11.6 Å². The van der Waals surface area contributed by atoms with E-state index >= 15 is 0 Å².